The summed E-state index contributed by atoms with van der Waals surface area (Å²) in [5.41, 5.74) is 0.455. The number of likely N-dealkylation sites (N-methyl/N-ethyl adjacent to an activating group) is 1. The van der Waals surface area contributed by atoms with Crippen LogP contribution in [0.4, 0.5) is 0 Å². The lowest BCUT2D eigenvalue weighted by molar-refractivity contribution is -0.140. The number of carbonyl (C=O) groups excluding carboxylic acids is 1. The van der Waals surface area contributed by atoms with Gasteiger partial charge in [-0.05, 0) is 24.6 Å². The van der Waals surface area contributed by atoms with Gasteiger partial charge in [-0.2, -0.15) is 4.31 Å². The van der Waals surface area contributed by atoms with Gasteiger partial charge in [-0.15, -0.1) is 0 Å². The highest BCUT2D eigenvalue weighted by molar-refractivity contribution is 7.89. The van der Waals surface area contributed by atoms with Gasteiger partial charge in [-0.1, -0.05) is 17.7 Å². The van der Waals surface area contributed by atoms with Gasteiger partial charge in [-0.3, -0.25) is 4.79 Å². The number of ether oxygens (including phenoxy) is 1. The van der Waals surface area contributed by atoms with Crippen LogP contribution in [0.15, 0.2) is 23.1 Å². The van der Waals surface area contributed by atoms with Crippen molar-refractivity contribution in [2.45, 2.75) is 11.8 Å². The number of sulfonamides is 1. The molecule has 0 bridgehead atoms. The minimum absolute atomic E-state index is 0.0846. The molecule has 0 spiro atoms. The van der Waals surface area contributed by atoms with E-state index in [0.717, 1.165) is 4.31 Å². The molecular formula is C11H14ClNO4S. The Bertz CT molecular complexity index is 556. The van der Waals surface area contributed by atoms with Crippen molar-refractivity contribution in [1.82, 2.24) is 4.31 Å². The average Bonchev–Trinajstić information content (AvgIpc) is 2.32. The summed E-state index contributed by atoms with van der Waals surface area (Å²) in [6.07, 6.45) is 0. The van der Waals surface area contributed by atoms with E-state index in [0.29, 0.717) is 10.6 Å². The smallest absolute Gasteiger partial charge is 0.321 e. The van der Waals surface area contributed by atoms with E-state index >= 15 is 0 Å². The highest BCUT2D eigenvalue weighted by atomic mass is 35.5. The second-order valence-electron chi connectivity index (χ2n) is 3.70. The van der Waals surface area contributed by atoms with Crippen LogP contribution in [0.2, 0.25) is 5.02 Å². The van der Waals surface area contributed by atoms with E-state index in [-0.39, 0.29) is 11.4 Å². The lowest BCUT2D eigenvalue weighted by Gasteiger charge is -2.17. The average molecular weight is 292 g/mol. The first kappa shape index (κ1) is 14.9. The molecule has 7 heteroatoms. The second kappa shape index (κ2) is 5.69. The van der Waals surface area contributed by atoms with Gasteiger partial charge < -0.3 is 4.74 Å². The first-order valence-electron chi connectivity index (χ1n) is 5.09. The molecule has 0 amide bonds. The van der Waals surface area contributed by atoms with Crippen LogP contribution in [0.25, 0.3) is 0 Å². The summed E-state index contributed by atoms with van der Waals surface area (Å²) in [6.45, 7) is 1.27. The van der Waals surface area contributed by atoms with Gasteiger partial charge in [0.15, 0.2) is 0 Å². The summed E-state index contributed by atoms with van der Waals surface area (Å²) < 4.78 is 29.8. The Morgan fingerprint density at radius 3 is 2.61 bits per heavy atom. The lowest BCUT2D eigenvalue weighted by Crippen LogP contribution is -2.33. The van der Waals surface area contributed by atoms with E-state index in [2.05, 4.69) is 4.74 Å². The number of methoxy groups -OCH3 is 1. The minimum atomic E-state index is -3.75. The number of rotatable bonds is 4. The van der Waals surface area contributed by atoms with Crippen LogP contribution >= 0.6 is 11.6 Å². The molecule has 0 N–H and O–H groups in total. The van der Waals surface area contributed by atoms with Crippen LogP contribution in [0.3, 0.4) is 0 Å². The summed E-state index contributed by atoms with van der Waals surface area (Å²) >= 11 is 5.88. The number of hydrogen-bond acceptors (Lipinski definition) is 4. The number of esters is 1. The predicted octanol–water partition coefficient (Wildman–Crippen LogP) is 1.44. The summed E-state index contributed by atoms with van der Waals surface area (Å²) in [6, 6.07) is 4.61. The lowest BCUT2D eigenvalue weighted by atomic mass is 10.2. The Kier molecular flexibility index (Phi) is 4.72. The number of hydrogen-bond donors (Lipinski definition) is 0. The Balaban J connectivity index is 3.14. The van der Waals surface area contributed by atoms with Crippen molar-refractivity contribution in [2.75, 3.05) is 20.7 Å². The molecule has 1 aromatic rings. The molecule has 1 rings (SSSR count). The number of benzene rings is 1. The molecule has 0 aliphatic rings. The van der Waals surface area contributed by atoms with E-state index in [1.807, 2.05) is 0 Å². The zero-order valence-corrected chi connectivity index (χ0v) is 11.9. The highest BCUT2D eigenvalue weighted by Crippen LogP contribution is 2.24. The summed E-state index contributed by atoms with van der Waals surface area (Å²) in [7, 11) is -1.24. The van der Waals surface area contributed by atoms with Crippen LogP contribution in [-0.2, 0) is 19.6 Å². The van der Waals surface area contributed by atoms with Gasteiger partial charge in [0, 0.05) is 12.1 Å². The van der Waals surface area contributed by atoms with Crippen molar-refractivity contribution in [1.29, 1.82) is 0 Å². The maximum Gasteiger partial charge on any atom is 0.321 e. The van der Waals surface area contributed by atoms with E-state index in [9.17, 15) is 13.2 Å². The van der Waals surface area contributed by atoms with E-state index < -0.39 is 16.0 Å². The first-order valence-corrected chi connectivity index (χ1v) is 6.90. The molecule has 0 saturated carbocycles. The second-order valence-corrected chi connectivity index (χ2v) is 6.12. The summed E-state index contributed by atoms with van der Waals surface area (Å²) in [5, 5.41) is 0.363. The molecule has 0 aromatic heterocycles. The fourth-order valence-corrected chi connectivity index (χ4v) is 2.96. The Hall–Kier alpha value is -1.11. The quantitative estimate of drug-likeness (QED) is 0.788. The third-order valence-corrected chi connectivity index (χ3v) is 4.84. The molecule has 0 fully saturated rings. The first-order chi connectivity index (χ1) is 8.30. The molecule has 18 heavy (non-hydrogen) atoms. The Morgan fingerprint density at radius 1 is 1.44 bits per heavy atom. The van der Waals surface area contributed by atoms with Crippen LogP contribution < -0.4 is 0 Å². The van der Waals surface area contributed by atoms with Crippen molar-refractivity contribution < 1.29 is 17.9 Å². The maximum atomic E-state index is 12.2. The zero-order chi connectivity index (χ0) is 13.9. The van der Waals surface area contributed by atoms with E-state index in [1.165, 1.54) is 20.2 Å². The third kappa shape index (κ3) is 3.01. The van der Waals surface area contributed by atoms with Gasteiger partial charge in [0.1, 0.15) is 6.54 Å². The molecule has 100 valence electrons. The minimum Gasteiger partial charge on any atom is -0.468 e. The zero-order valence-electron chi connectivity index (χ0n) is 10.3. The van der Waals surface area contributed by atoms with E-state index in [4.69, 9.17) is 11.6 Å². The van der Waals surface area contributed by atoms with Crippen LogP contribution in [0.1, 0.15) is 5.56 Å². The van der Waals surface area contributed by atoms with Crippen LogP contribution in [0.5, 0.6) is 0 Å². The van der Waals surface area contributed by atoms with Crippen molar-refractivity contribution in [3.8, 4) is 0 Å². The molecule has 0 aliphatic heterocycles. The van der Waals surface area contributed by atoms with Crippen LogP contribution in [0, 0.1) is 6.92 Å². The number of nitrogens with zero attached hydrogens (tertiary/aromatic N) is 1. The fourth-order valence-electron chi connectivity index (χ4n) is 1.37. The molecular weight excluding hydrogens is 278 g/mol. The predicted molar refractivity (Wildman–Crippen MR) is 68.0 cm³/mol. The van der Waals surface area contributed by atoms with E-state index in [1.54, 1.807) is 19.1 Å². The highest BCUT2D eigenvalue weighted by Gasteiger charge is 2.25. The monoisotopic (exact) mass is 291 g/mol. The molecule has 1 aromatic carbocycles. The number of carbonyl (C=O) groups is 1. The van der Waals surface area contributed by atoms with Gasteiger partial charge in [0.25, 0.3) is 0 Å². The van der Waals surface area contributed by atoms with Crippen LogP contribution in [-0.4, -0.2) is 39.4 Å². The molecule has 5 nitrogen and oxygen atoms in total. The van der Waals surface area contributed by atoms with Gasteiger partial charge in [0.05, 0.1) is 12.0 Å². The molecule has 0 saturated heterocycles. The largest absolute Gasteiger partial charge is 0.468 e. The number of halogens is 1. The Labute approximate surface area is 111 Å². The molecule has 0 heterocycles. The van der Waals surface area contributed by atoms with Crippen molar-refractivity contribution in [2.24, 2.45) is 0 Å². The van der Waals surface area contributed by atoms with Crippen molar-refractivity contribution >= 4 is 27.6 Å². The SMILES string of the molecule is COC(=O)CN(C)S(=O)(=O)c1cccc(Cl)c1C. The molecule has 0 radical (unpaired) electrons. The van der Waals surface area contributed by atoms with Gasteiger partial charge in [0.2, 0.25) is 10.0 Å². The summed E-state index contributed by atoms with van der Waals surface area (Å²) in [5.74, 6) is -0.624. The molecule has 0 unspecified atom stereocenters. The molecule has 0 atom stereocenters. The van der Waals surface area contributed by atoms with Crippen molar-refractivity contribution in [3.63, 3.8) is 0 Å². The Morgan fingerprint density at radius 2 is 2.06 bits per heavy atom. The van der Waals surface area contributed by atoms with Crippen molar-refractivity contribution in [3.05, 3.63) is 28.8 Å². The molecule has 0 aliphatic carbocycles. The van der Waals surface area contributed by atoms with Gasteiger partial charge >= 0.3 is 5.97 Å². The summed E-state index contributed by atoms with van der Waals surface area (Å²) in [4.78, 5) is 11.2. The standard InChI is InChI=1S/C11H14ClNO4S/c1-8-9(12)5-4-6-10(8)18(15,16)13(2)7-11(14)17-3/h4-6H,7H2,1-3H3. The topological polar surface area (TPSA) is 63.7 Å². The maximum absolute atomic E-state index is 12.2. The third-order valence-electron chi connectivity index (χ3n) is 2.49. The normalized spacial score (nSPS) is 11.6. The fraction of sp³-hybridized carbons (Fsp3) is 0.364. The van der Waals surface area contributed by atoms with Gasteiger partial charge in [-0.25, -0.2) is 8.42 Å².